The van der Waals surface area contributed by atoms with Crippen molar-refractivity contribution in [1.82, 2.24) is 5.32 Å². The molecule has 0 aromatic heterocycles. The van der Waals surface area contributed by atoms with Gasteiger partial charge in [0.1, 0.15) is 0 Å². The molecular formula is C9H15NO2. The van der Waals surface area contributed by atoms with Gasteiger partial charge in [-0.3, -0.25) is 4.79 Å². The number of aliphatic hydroxyl groups is 1. The van der Waals surface area contributed by atoms with E-state index in [4.69, 9.17) is 5.11 Å². The highest BCUT2D eigenvalue weighted by Crippen LogP contribution is 2.62. The maximum Gasteiger partial charge on any atom is 0.217 e. The number of nitrogens with one attached hydrogen (secondary N) is 1. The molecule has 3 atom stereocenters. The van der Waals surface area contributed by atoms with Gasteiger partial charge >= 0.3 is 0 Å². The smallest absolute Gasteiger partial charge is 0.217 e. The van der Waals surface area contributed by atoms with E-state index in [0.717, 1.165) is 19.3 Å². The molecule has 0 saturated heterocycles. The SMILES string of the molecule is CC(=O)NC1CCC2(CO)CC12. The Labute approximate surface area is 72.2 Å². The summed E-state index contributed by atoms with van der Waals surface area (Å²) in [6.45, 7) is 1.86. The predicted molar refractivity (Wildman–Crippen MR) is 44.5 cm³/mol. The third kappa shape index (κ3) is 1.04. The second kappa shape index (κ2) is 2.46. The number of aliphatic hydroxyl groups excluding tert-OH is 1. The van der Waals surface area contributed by atoms with Crippen LogP contribution < -0.4 is 5.32 Å². The van der Waals surface area contributed by atoms with Gasteiger partial charge in [-0.2, -0.15) is 0 Å². The molecule has 0 spiro atoms. The zero-order valence-corrected chi connectivity index (χ0v) is 7.34. The Bertz CT molecular complexity index is 217. The van der Waals surface area contributed by atoms with Crippen LogP contribution in [0.5, 0.6) is 0 Å². The molecule has 2 aliphatic carbocycles. The molecular weight excluding hydrogens is 154 g/mol. The lowest BCUT2D eigenvalue weighted by atomic mass is 10.1. The first-order valence-corrected chi connectivity index (χ1v) is 4.56. The zero-order chi connectivity index (χ0) is 8.77. The van der Waals surface area contributed by atoms with Crippen molar-refractivity contribution in [1.29, 1.82) is 0 Å². The van der Waals surface area contributed by atoms with E-state index < -0.39 is 0 Å². The average molecular weight is 169 g/mol. The standard InChI is InChI=1S/C9H15NO2/c1-6(12)10-8-2-3-9(5-11)4-7(8)9/h7-8,11H,2-5H2,1H3,(H,10,12). The van der Waals surface area contributed by atoms with Crippen molar-refractivity contribution in [3.8, 4) is 0 Å². The molecule has 2 fully saturated rings. The van der Waals surface area contributed by atoms with Crippen molar-refractivity contribution in [2.24, 2.45) is 11.3 Å². The Hall–Kier alpha value is -0.570. The molecule has 0 bridgehead atoms. The summed E-state index contributed by atoms with van der Waals surface area (Å²) in [7, 11) is 0. The molecule has 2 saturated carbocycles. The van der Waals surface area contributed by atoms with Crippen LogP contribution in [0.25, 0.3) is 0 Å². The lowest BCUT2D eigenvalue weighted by molar-refractivity contribution is -0.119. The molecule has 1 amide bonds. The topological polar surface area (TPSA) is 49.3 Å². The summed E-state index contributed by atoms with van der Waals surface area (Å²) in [5.74, 6) is 0.618. The minimum atomic E-state index is 0.0561. The Morgan fingerprint density at radius 1 is 1.75 bits per heavy atom. The van der Waals surface area contributed by atoms with Crippen molar-refractivity contribution in [3.05, 3.63) is 0 Å². The Morgan fingerprint density at radius 3 is 2.92 bits per heavy atom. The van der Waals surface area contributed by atoms with Crippen molar-refractivity contribution < 1.29 is 9.90 Å². The number of carbonyl (C=O) groups is 1. The number of amides is 1. The normalized spacial score (nSPS) is 43.8. The Morgan fingerprint density at radius 2 is 2.50 bits per heavy atom. The van der Waals surface area contributed by atoms with Crippen LogP contribution in [0, 0.1) is 11.3 Å². The van der Waals surface area contributed by atoms with Crippen molar-refractivity contribution in [3.63, 3.8) is 0 Å². The van der Waals surface area contributed by atoms with Crippen LogP contribution >= 0.6 is 0 Å². The van der Waals surface area contributed by atoms with Crippen LogP contribution in [0.1, 0.15) is 26.2 Å². The molecule has 0 aromatic carbocycles. The van der Waals surface area contributed by atoms with Gasteiger partial charge in [0.25, 0.3) is 0 Å². The van der Waals surface area contributed by atoms with E-state index in [0.29, 0.717) is 18.6 Å². The minimum absolute atomic E-state index is 0.0561. The van der Waals surface area contributed by atoms with E-state index in [1.165, 1.54) is 0 Å². The highest BCUT2D eigenvalue weighted by molar-refractivity contribution is 5.73. The summed E-state index contributed by atoms with van der Waals surface area (Å²) >= 11 is 0. The third-order valence-electron chi connectivity index (χ3n) is 3.40. The zero-order valence-electron chi connectivity index (χ0n) is 7.34. The summed E-state index contributed by atoms with van der Waals surface area (Å²) in [6.07, 6.45) is 3.23. The first kappa shape index (κ1) is 8.05. The van der Waals surface area contributed by atoms with Gasteiger partial charge in [0, 0.05) is 19.6 Å². The summed E-state index contributed by atoms with van der Waals surface area (Å²) in [4.78, 5) is 10.8. The molecule has 3 nitrogen and oxygen atoms in total. The second-order valence-electron chi connectivity index (χ2n) is 4.18. The van der Waals surface area contributed by atoms with Crippen LogP contribution in [0.2, 0.25) is 0 Å². The fraction of sp³-hybridized carbons (Fsp3) is 0.889. The van der Waals surface area contributed by atoms with E-state index in [-0.39, 0.29) is 11.3 Å². The molecule has 3 unspecified atom stereocenters. The number of rotatable bonds is 2. The molecule has 2 rings (SSSR count). The van der Waals surface area contributed by atoms with Gasteiger partial charge in [-0.05, 0) is 30.6 Å². The van der Waals surface area contributed by atoms with Crippen molar-refractivity contribution in [2.45, 2.75) is 32.2 Å². The van der Waals surface area contributed by atoms with E-state index in [9.17, 15) is 4.79 Å². The summed E-state index contributed by atoms with van der Waals surface area (Å²) in [5, 5.41) is 12.0. The monoisotopic (exact) mass is 169 g/mol. The molecule has 2 aliphatic rings. The fourth-order valence-corrected chi connectivity index (χ4v) is 2.57. The number of carbonyl (C=O) groups excluding carboxylic acids is 1. The number of hydrogen-bond donors (Lipinski definition) is 2. The van der Waals surface area contributed by atoms with Gasteiger partial charge in [0.15, 0.2) is 0 Å². The van der Waals surface area contributed by atoms with Crippen LogP contribution in [-0.2, 0) is 4.79 Å². The summed E-state index contributed by atoms with van der Waals surface area (Å²) in [5.41, 5.74) is 0.202. The van der Waals surface area contributed by atoms with Gasteiger partial charge in [-0.15, -0.1) is 0 Å². The third-order valence-corrected chi connectivity index (χ3v) is 3.40. The molecule has 68 valence electrons. The van der Waals surface area contributed by atoms with Crippen LogP contribution in [0.15, 0.2) is 0 Å². The largest absolute Gasteiger partial charge is 0.396 e. The van der Waals surface area contributed by atoms with E-state index in [1.807, 2.05) is 0 Å². The summed E-state index contributed by atoms with van der Waals surface area (Å²) in [6, 6.07) is 0.342. The van der Waals surface area contributed by atoms with Gasteiger partial charge in [0.05, 0.1) is 0 Å². The average Bonchev–Trinajstić information content (AvgIpc) is 2.66. The van der Waals surface area contributed by atoms with E-state index in [1.54, 1.807) is 6.92 Å². The molecule has 3 heteroatoms. The predicted octanol–water partition coefficient (Wildman–Crippen LogP) is 0.283. The fourth-order valence-electron chi connectivity index (χ4n) is 2.57. The molecule has 12 heavy (non-hydrogen) atoms. The first-order valence-electron chi connectivity index (χ1n) is 4.56. The van der Waals surface area contributed by atoms with Crippen molar-refractivity contribution in [2.75, 3.05) is 6.61 Å². The number of hydrogen-bond acceptors (Lipinski definition) is 2. The lowest BCUT2D eigenvalue weighted by Gasteiger charge is -2.11. The van der Waals surface area contributed by atoms with Crippen molar-refractivity contribution >= 4 is 5.91 Å². The van der Waals surface area contributed by atoms with Crippen LogP contribution in [0.3, 0.4) is 0 Å². The summed E-state index contributed by atoms with van der Waals surface area (Å²) < 4.78 is 0. The minimum Gasteiger partial charge on any atom is -0.396 e. The highest BCUT2D eigenvalue weighted by Gasteiger charge is 2.61. The van der Waals surface area contributed by atoms with Crippen LogP contribution in [0.4, 0.5) is 0 Å². The van der Waals surface area contributed by atoms with Gasteiger partial charge in [0.2, 0.25) is 5.91 Å². The van der Waals surface area contributed by atoms with Gasteiger partial charge < -0.3 is 10.4 Å². The second-order valence-corrected chi connectivity index (χ2v) is 4.18. The van der Waals surface area contributed by atoms with Gasteiger partial charge in [-0.1, -0.05) is 0 Å². The molecule has 0 aliphatic heterocycles. The molecule has 2 N–H and O–H groups in total. The number of fused-ring (bicyclic) bond motifs is 1. The van der Waals surface area contributed by atoms with Gasteiger partial charge in [-0.25, -0.2) is 0 Å². The highest BCUT2D eigenvalue weighted by atomic mass is 16.3. The molecule has 0 heterocycles. The maximum absolute atomic E-state index is 10.8. The lowest BCUT2D eigenvalue weighted by Crippen LogP contribution is -2.33. The Kier molecular flexibility index (Phi) is 1.65. The Balaban J connectivity index is 1.93. The first-order chi connectivity index (χ1) is 5.68. The van der Waals surface area contributed by atoms with E-state index >= 15 is 0 Å². The maximum atomic E-state index is 10.8. The quantitative estimate of drug-likeness (QED) is 0.624. The molecule has 0 radical (unpaired) electrons. The van der Waals surface area contributed by atoms with Crippen LogP contribution in [-0.4, -0.2) is 23.7 Å². The van der Waals surface area contributed by atoms with E-state index in [2.05, 4.69) is 5.32 Å². The molecule has 0 aromatic rings.